The van der Waals surface area contributed by atoms with Crippen LogP contribution in [0, 0.1) is 5.92 Å². The van der Waals surface area contributed by atoms with Crippen LogP contribution in [0.15, 0.2) is 24.0 Å². The Morgan fingerprint density at radius 1 is 1.44 bits per heavy atom. The molecule has 0 amide bonds. The summed E-state index contributed by atoms with van der Waals surface area (Å²) in [5.41, 5.74) is 1.41. The van der Waals surface area contributed by atoms with E-state index in [0.717, 1.165) is 12.2 Å². The number of hydrogen-bond acceptors (Lipinski definition) is 1. The fraction of sp³-hybridized carbons (Fsp3) is 0.733. The van der Waals surface area contributed by atoms with E-state index < -0.39 is 0 Å². The lowest BCUT2D eigenvalue weighted by molar-refractivity contribution is 0.260. The molecule has 0 spiro atoms. The van der Waals surface area contributed by atoms with Crippen LogP contribution < -0.4 is 0 Å². The van der Waals surface area contributed by atoms with E-state index in [1.165, 1.54) is 50.5 Å². The van der Waals surface area contributed by atoms with Crippen molar-refractivity contribution in [3.8, 4) is 0 Å². The van der Waals surface area contributed by atoms with E-state index in [0.29, 0.717) is 5.92 Å². The molecular weight excluding hydrogens is 196 g/mol. The molecule has 92 valence electrons. The second-order valence-corrected chi connectivity index (χ2v) is 4.80. The molecule has 0 fully saturated rings. The van der Waals surface area contributed by atoms with Crippen molar-refractivity contribution in [2.45, 2.75) is 58.3 Å². The van der Waals surface area contributed by atoms with Crippen LogP contribution >= 0.6 is 0 Å². The number of rotatable bonds is 7. The molecule has 1 aliphatic carbocycles. The first-order valence-corrected chi connectivity index (χ1v) is 6.70. The van der Waals surface area contributed by atoms with Gasteiger partial charge in [-0.25, -0.2) is 0 Å². The number of allylic oxidation sites excluding steroid dienone is 3. The van der Waals surface area contributed by atoms with E-state index in [1.54, 1.807) is 7.11 Å². The van der Waals surface area contributed by atoms with Crippen LogP contribution in [0.3, 0.4) is 0 Å². The van der Waals surface area contributed by atoms with Crippen molar-refractivity contribution >= 4 is 0 Å². The summed E-state index contributed by atoms with van der Waals surface area (Å²) in [5, 5.41) is 0. The zero-order chi connectivity index (χ0) is 11.8. The molecule has 1 atom stereocenters. The molecule has 16 heavy (non-hydrogen) atoms. The van der Waals surface area contributed by atoms with Crippen molar-refractivity contribution in [2.24, 2.45) is 5.92 Å². The predicted octanol–water partition coefficient (Wildman–Crippen LogP) is 4.84. The number of methoxy groups -OCH3 is 1. The second kappa shape index (κ2) is 7.54. The van der Waals surface area contributed by atoms with E-state index in [2.05, 4.69) is 19.6 Å². The lowest BCUT2D eigenvalue weighted by atomic mass is 9.86. The summed E-state index contributed by atoms with van der Waals surface area (Å²) >= 11 is 0. The largest absolute Gasteiger partial charge is 0.501 e. The number of ether oxygens (including phenoxy) is 1. The minimum Gasteiger partial charge on any atom is -0.501 e. The molecule has 0 aromatic carbocycles. The average Bonchev–Trinajstić information content (AvgIpc) is 2.34. The van der Waals surface area contributed by atoms with E-state index >= 15 is 0 Å². The monoisotopic (exact) mass is 222 g/mol. The van der Waals surface area contributed by atoms with Gasteiger partial charge in [-0.2, -0.15) is 0 Å². The topological polar surface area (TPSA) is 9.23 Å². The Bertz CT molecular complexity index is 240. The summed E-state index contributed by atoms with van der Waals surface area (Å²) in [4.78, 5) is 0. The molecule has 1 nitrogen and oxygen atoms in total. The Balaban J connectivity index is 2.30. The zero-order valence-corrected chi connectivity index (χ0v) is 10.9. The van der Waals surface area contributed by atoms with Gasteiger partial charge in [-0.05, 0) is 31.8 Å². The molecule has 1 unspecified atom stereocenters. The minimum atomic E-state index is 0.574. The first-order valence-electron chi connectivity index (χ1n) is 6.70. The van der Waals surface area contributed by atoms with Gasteiger partial charge in [-0.1, -0.05) is 38.3 Å². The van der Waals surface area contributed by atoms with Gasteiger partial charge in [0, 0.05) is 12.3 Å². The van der Waals surface area contributed by atoms with Crippen molar-refractivity contribution in [1.82, 2.24) is 0 Å². The third-order valence-corrected chi connectivity index (χ3v) is 3.46. The lowest BCUT2D eigenvalue weighted by Gasteiger charge is -2.22. The molecule has 0 bridgehead atoms. The third kappa shape index (κ3) is 4.42. The van der Waals surface area contributed by atoms with Crippen molar-refractivity contribution in [3.63, 3.8) is 0 Å². The molecule has 0 aliphatic heterocycles. The first kappa shape index (κ1) is 13.3. The Morgan fingerprint density at radius 2 is 2.25 bits per heavy atom. The van der Waals surface area contributed by atoms with E-state index in [9.17, 15) is 0 Å². The van der Waals surface area contributed by atoms with Gasteiger partial charge in [0.25, 0.3) is 0 Å². The fourth-order valence-corrected chi connectivity index (χ4v) is 2.34. The maximum absolute atomic E-state index is 5.33. The summed E-state index contributed by atoms with van der Waals surface area (Å²) in [6, 6.07) is 0. The molecule has 1 rings (SSSR count). The average molecular weight is 222 g/mol. The molecule has 0 saturated carbocycles. The summed E-state index contributed by atoms with van der Waals surface area (Å²) in [5.74, 6) is 1.73. The van der Waals surface area contributed by atoms with Gasteiger partial charge in [-0.3, -0.25) is 0 Å². The fourth-order valence-electron chi connectivity index (χ4n) is 2.34. The number of unbranched alkanes of at least 4 members (excludes halogenated alkanes) is 3. The molecule has 0 aromatic heterocycles. The molecule has 0 saturated heterocycles. The van der Waals surface area contributed by atoms with Crippen molar-refractivity contribution < 1.29 is 4.74 Å². The van der Waals surface area contributed by atoms with Crippen LogP contribution in [0.1, 0.15) is 58.3 Å². The third-order valence-electron chi connectivity index (χ3n) is 3.46. The zero-order valence-electron chi connectivity index (χ0n) is 10.9. The highest BCUT2D eigenvalue weighted by Crippen LogP contribution is 2.30. The Kier molecular flexibility index (Phi) is 6.29. The molecular formula is C15H26O. The normalized spacial score (nSPS) is 20.4. The Hall–Kier alpha value is -0.720. The highest BCUT2D eigenvalue weighted by Gasteiger charge is 2.16. The molecule has 0 aromatic rings. The minimum absolute atomic E-state index is 0.574. The highest BCUT2D eigenvalue weighted by atomic mass is 16.5. The maximum atomic E-state index is 5.33. The van der Waals surface area contributed by atoms with E-state index in [1.807, 2.05) is 0 Å². The van der Waals surface area contributed by atoms with Crippen LogP contribution in [0.4, 0.5) is 0 Å². The Labute approximate surface area is 101 Å². The van der Waals surface area contributed by atoms with Gasteiger partial charge >= 0.3 is 0 Å². The summed E-state index contributed by atoms with van der Waals surface area (Å²) < 4.78 is 5.33. The van der Waals surface area contributed by atoms with E-state index in [-0.39, 0.29) is 0 Å². The second-order valence-electron chi connectivity index (χ2n) is 4.80. The predicted molar refractivity (Wildman–Crippen MR) is 70.3 cm³/mol. The summed E-state index contributed by atoms with van der Waals surface area (Å²) in [6.45, 7) is 6.50. The highest BCUT2D eigenvalue weighted by molar-refractivity contribution is 5.14. The quantitative estimate of drug-likeness (QED) is 0.442. The van der Waals surface area contributed by atoms with Crippen molar-refractivity contribution in [2.75, 3.05) is 7.11 Å². The Morgan fingerprint density at radius 3 is 2.94 bits per heavy atom. The van der Waals surface area contributed by atoms with Gasteiger partial charge in [0.1, 0.15) is 0 Å². The van der Waals surface area contributed by atoms with Gasteiger partial charge in [-0.15, -0.1) is 0 Å². The van der Waals surface area contributed by atoms with Gasteiger partial charge < -0.3 is 4.74 Å². The van der Waals surface area contributed by atoms with E-state index in [4.69, 9.17) is 4.74 Å². The molecule has 1 heteroatoms. The van der Waals surface area contributed by atoms with Gasteiger partial charge in [0.05, 0.1) is 12.9 Å². The molecule has 0 radical (unpaired) electrons. The number of hydrogen-bond donors (Lipinski definition) is 0. The molecule has 0 heterocycles. The SMILES string of the molecule is C=C(CCCCCC)C1C=C(OC)CCC1. The van der Waals surface area contributed by atoms with Crippen LogP contribution in [0.5, 0.6) is 0 Å². The van der Waals surface area contributed by atoms with Crippen LogP contribution in [0.2, 0.25) is 0 Å². The summed E-state index contributed by atoms with van der Waals surface area (Å²) in [7, 11) is 1.78. The molecule has 0 N–H and O–H groups in total. The van der Waals surface area contributed by atoms with Gasteiger partial charge in [0.2, 0.25) is 0 Å². The molecule has 1 aliphatic rings. The van der Waals surface area contributed by atoms with Crippen molar-refractivity contribution in [1.29, 1.82) is 0 Å². The van der Waals surface area contributed by atoms with Crippen LogP contribution in [-0.4, -0.2) is 7.11 Å². The van der Waals surface area contributed by atoms with Crippen LogP contribution in [0.25, 0.3) is 0 Å². The first-order chi connectivity index (χ1) is 7.77. The van der Waals surface area contributed by atoms with Crippen LogP contribution in [-0.2, 0) is 4.74 Å². The summed E-state index contributed by atoms with van der Waals surface area (Å²) in [6.07, 6.45) is 12.4. The van der Waals surface area contributed by atoms with Gasteiger partial charge in [0.15, 0.2) is 0 Å². The smallest absolute Gasteiger partial charge is 0.0921 e. The maximum Gasteiger partial charge on any atom is 0.0921 e. The standard InChI is InChI=1S/C15H26O/c1-4-5-6-7-9-13(2)14-10-8-11-15(12-14)16-3/h12,14H,2,4-11H2,1,3H3. The lowest BCUT2D eigenvalue weighted by Crippen LogP contribution is -2.08. The van der Waals surface area contributed by atoms with Crippen molar-refractivity contribution in [3.05, 3.63) is 24.0 Å².